The number of sulfone groups is 1. The molecule has 0 radical (unpaired) electrons. The first kappa shape index (κ1) is 21.6. The molecule has 25 heavy (non-hydrogen) atoms. The van der Waals surface area contributed by atoms with Gasteiger partial charge in [0, 0.05) is 12.3 Å². The standard InChI is InChI=1S/C18H29N3O2S2/c1-13(2)7-6-8-14(3)19-18(24)21-20-15(4)16-9-11-17(12-10-16)25(5,22)23/h9-14H,6-8H2,1-5H3,(H2,19,21,24)/b20-15-/t14-/m0/s1. The number of hydrogen-bond donors (Lipinski definition) is 2. The lowest BCUT2D eigenvalue weighted by Crippen LogP contribution is -2.38. The predicted octanol–water partition coefficient (Wildman–Crippen LogP) is 3.49. The third-order valence-corrected chi connectivity index (χ3v) is 5.16. The van der Waals surface area contributed by atoms with E-state index in [0.29, 0.717) is 16.0 Å². The Kier molecular flexibility index (Phi) is 8.52. The summed E-state index contributed by atoms with van der Waals surface area (Å²) >= 11 is 5.26. The highest BCUT2D eigenvalue weighted by Crippen LogP contribution is 2.11. The molecule has 0 fully saturated rings. The summed E-state index contributed by atoms with van der Waals surface area (Å²) in [7, 11) is -3.18. The van der Waals surface area contributed by atoms with E-state index in [1.807, 2.05) is 6.92 Å². The van der Waals surface area contributed by atoms with Crippen molar-refractivity contribution >= 4 is 32.9 Å². The first-order valence-corrected chi connectivity index (χ1v) is 10.8. The molecule has 140 valence electrons. The highest BCUT2D eigenvalue weighted by Gasteiger charge is 2.08. The highest BCUT2D eigenvalue weighted by atomic mass is 32.2. The van der Waals surface area contributed by atoms with Gasteiger partial charge in [-0.2, -0.15) is 5.10 Å². The summed E-state index contributed by atoms with van der Waals surface area (Å²) in [6.07, 6.45) is 4.64. The van der Waals surface area contributed by atoms with Crippen molar-refractivity contribution in [3.05, 3.63) is 29.8 Å². The molecule has 0 aliphatic rings. The molecule has 2 N–H and O–H groups in total. The molecule has 0 spiro atoms. The molecule has 0 bridgehead atoms. The maximum Gasteiger partial charge on any atom is 0.187 e. The molecule has 0 saturated carbocycles. The van der Waals surface area contributed by atoms with Gasteiger partial charge in [0.2, 0.25) is 0 Å². The average Bonchev–Trinajstić information content (AvgIpc) is 2.51. The van der Waals surface area contributed by atoms with Gasteiger partial charge in [0.15, 0.2) is 14.9 Å². The first-order chi connectivity index (χ1) is 11.6. The molecule has 7 heteroatoms. The molecule has 0 unspecified atom stereocenters. The zero-order valence-corrected chi connectivity index (χ0v) is 17.3. The molecule has 5 nitrogen and oxygen atoms in total. The normalized spacial score (nSPS) is 13.6. The van der Waals surface area contributed by atoms with Crippen LogP contribution in [0.5, 0.6) is 0 Å². The van der Waals surface area contributed by atoms with Crippen molar-refractivity contribution in [1.29, 1.82) is 0 Å². The molecule has 1 aromatic rings. The van der Waals surface area contributed by atoms with Gasteiger partial charge in [-0.15, -0.1) is 0 Å². The SMILES string of the molecule is C/C(=N/NC(=S)N[C@@H](C)CCCC(C)C)c1ccc(S(C)(=O)=O)cc1. The van der Waals surface area contributed by atoms with Crippen molar-refractivity contribution in [1.82, 2.24) is 10.7 Å². The van der Waals surface area contributed by atoms with Crippen molar-refractivity contribution in [2.24, 2.45) is 11.0 Å². The van der Waals surface area contributed by atoms with Gasteiger partial charge in [-0.1, -0.05) is 38.8 Å². The van der Waals surface area contributed by atoms with Crippen LogP contribution in [0.3, 0.4) is 0 Å². The highest BCUT2D eigenvalue weighted by molar-refractivity contribution is 7.90. The van der Waals surface area contributed by atoms with E-state index in [1.165, 1.54) is 19.1 Å². The van der Waals surface area contributed by atoms with Crippen molar-refractivity contribution in [2.75, 3.05) is 6.26 Å². The van der Waals surface area contributed by atoms with Crippen molar-refractivity contribution in [3.8, 4) is 0 Å². The lowest BCUT2D eigenvalue weighted by atomic mass is 10.0. The summed E-state index contributed by atoms with van der Waals surface area (Å²) < 4.78 is 23.0. The maximum absolute atomic E-state index is 11.5. The second-order valence-corrected chi connectivity index (χ2v) is 9.23. The van der Waals surface area contributed by atoms with Gasteiger partial charge < -0.3 is 5.32 Å². The number of hydrogen-bond acceptors (Lipinski definition) is 4. The van der Waals surface area contributed by atoms with E-state index in [-0.39, 0.29) is 0 Å². The summed E-state index contributed by atoms with van der Waals surface area (Å²) in [5.74, 6) is 0.721. The van der Waals surface area contributed by atoms with Crippen LogP contribution in [-0.2, 0) is 9.84 Å². The van der Waals surface area contributed by atoms with E-state index >= 15 is 0 Å². The monoisotopic (exact) mass is 383 g/mol. The van der Waals surface area contributed by atoms with Crippen LogP contribution in [0.15, 0.2) is 34.3 Å². The van der Waals surface area contributed by atoms with Gasteiger partial charge in [0.1, 0.15) is 0 Å². The Morgan fingerprint density at radius 3 is 2.28 bits per heavy atom. The molecular formula is C18H29N3O2S2. The van der Waals surface area contributed by atoms with Crippen molar-refractivity contribution in [3.63, 3.8) is 0 Å². The van der Waals surface area contributed by atoms with Crippen molar-refractivity contribution < 1.29 is 8.42 Å². The Bertz CT molecular complexity index is 696. The van der Waals surface area contributed by atoms with Crippen molar-refractivity contribution in [2.45, 2.75) is 57.9 Å². The van der Waals surface area contributed by atoms with E-state index in [0.717, 1.165) is 23.6 Å². The van der Waals surface area contributed by atoms with Gasteiger partial charge >= 0.3 is 0 Å². The molecule has 1 rings (SSSR count). The van der Waals surface area contributed by atoms with Gasteiger partial charge in [0.05, 0.1) is 10.6 Å². The summed E-state index contributed by atoms with van der Waals surface area (Å²) in [6.45, 7) is 8.40. The zero-order chi connectivity index (χ0) is 19.0. The van der Waals surface area contributed by atoms with Crippen LogP contribution in [0, 0.1) is 5.92 Å². The summed E-state index contributed by atoms with van der Waals surface area (Å²) in [5, 5.41) is 7.97. The summed E-state index contributed by atoms with van der Waals surface area (Å²) in [4.78, 5) is 0.296. The van der Waals surface area contributed by atoms with Gasteiger partial charge in [-0.25, -0.2) is 8.42 Å². The van der Waals surface area contributed by atoms with Crippen LogP contribution in [0.25, 0.3) is 0 Å². The quantitative estimate of drug-likeness (QED) is 0.408. The second kappa shape index (κ2) is 9.87. The maximum atomic E-state index is 11.5. The summed E-state index contributed by atoms with van der Waals surface area (Å²) in [6, 6.07) is 6.93. The topological polar surface area (TPSA) is 70.6 Å². The lowest BCUT2D eigenvalue weighted by Gasteiger charge is -2.16. The largest absolute Gasteiger partial charge is 0.359 e. The van der Waals surface area contributed by atoms with E-state index in [4.69, 9.17) is 12.2 Å². The van der Waals surface area contributed by atoms with Crippen LogP contribution < -0.4 is 10.7 Å². The van der Waals surface area contributed by atoms with Crippen LogP contribution in [-0.4, -0.2) is 31.5 Å². The van der Waals surface area contributed by atoms with Gasteiger partial charge in [0.25, 0.3) is 0 Å². The predicted molar refractivity (Wildman–Crippen MR) is 109 cm³/mol. The Balaban J connectivity index is 2.52. The van der Waals surface area contributed by atoms with E-state index in [1.54, 1.807) is 24.3 Å². The number of hydrazone groups is 1. The van der Waals surface area contributed by atoms with E-state index in [9.17, 15) is 8.42 Å². The minimum atomic E-state index is -3.18. The number of benzene rings is 1. The Hall–Kier alpha value is -1.47. The lowest BCUT2D eigenvalue weighted by molar-refractivity contribution is 0.493. The fraction of sp³-hybridized carbons (Fsp3) is 0.556. The molecule has 0 saturated heterocycles. The molecule has 0 heterocycles. The second-order valence-electron chi connectivity index (χ2n) is 6.80. The minimum absolute atomic E-state index is 0.295. The zero-order valence-electron chi connectivity index (χ0n) is 15.7. The molecule has 0 aliphatic heterocycles. The number of rotatable bonds is 8. The first-order valence-electron chi connectivity index (χ1n) is 8.51. The molecule has 1 aromatic carbocycles. The smallest absolute Gasteiger partial charge is 0.187 e. The molecule has 0 aliphatic carbocycles. The fourth-order valence-electron chi connectivity index (χ4n) is 2.30. The van der Waals surface area contributed by atoms with Gasteiger partial charge in [-0.05, 0) is 56.1 Å². The Labute approximate surface area is 157 Å². The minimum Gasteiger partial charge on any atom is -0.359 e. The fourth-order valence-corrected chi connectivity index (χ4v) is 3.18. The molecular weight excluding hydrogens is 354 g/mol. The van der Waals surface area contributed by atoms with Crippen LogP contribution in [0.1, 0.15) is 52.5 Å². The van der Waals surface area contributed by atoms with Gasteiger partial charge in [-0.3, -0.25) is 5.43 Å². The number of thiocarbonyl (C=S) groups is 1. The number of nitrogens with zero attached hydrogens (tertiary/aromatic N) is 1. The average molecular weight is 384 g/mol. The van der Waals surface area contributed by atoms with Crippen LogP contribution in [0.2, 0.25) is 0 Å². The Morgan fingerprint density at radius 2 is 1.76 bits per heavy atom. The third kappa shape index (κ3) is 8.45. The molecule has 0 amide bonds. The molecule has 0 aromatic heterocycles. The van der Waals surface area contributed by atoms with Crippen LogP contribution in [0.4, 0.5) is 0 Å². The van der Waals surface area contributed by atoms with Crippen LogP contribution >= 0.6 is 12.2 Å². The Morgan fingerprint density at radius 1 is 1.16 bits per heavy atom. The molecule has 1 atom stereocenters. The number of nitrogens with one attached hydrogen (secondary N) is 2. The third-order valence-electron chi connectivity index (χ3n) is 3.82. The van der Waals surface area contributed by atoms with E-state index in [2.05, 4.69) is 36.6 Å². The summed E-state index contributed by atoms with van der Waals surface area (Å²) in [5.41, 5.74) is 4.42. The van der Waals surface area contributed by atoms with E-state index < -0.39 is 9.84 Å².